The Morgan fingerprint density at radius 1 is 0.400 bits per heavy atom. The van der Waals surface area contributed by atoms with Crippen molar-refractivity contribution in [2.75, 3.05) is 4.90 Å². The molecule has 0 aromatic heterocycles. The molecule has 0 saturated carbocycles. The van der Waals surface area contributed by atoms with Crippen molar-refractivity contribution in [3.8, 4) is 44.5 Å². The summed E-state index contributed by atoms with van der Waals surface area (Å²) in [6.07, 6.45) is 0. The van der Waals surface area contributed by atoms with E-state index in [1.54, 1.807) is 0 Å². The highest BCUT2D eigenvalue weighted by atomic mass is 15.1. The molecule has 7 aromatic carbocycles. The van der Waals surface area contributed by atoms with E-state index in [0.717, 1.165) is 17.1 Å². The average molecular weight is 646 g/mol. The van der Waals surface area contributed by atoms with E-state index in [0.29, 0.717) is 0 Å². The fourth-order valence-corrected chi connectivity index (χ4v) is 7.84. The van der Waals surface area contributed by atoms with Crippen molar-refractivity contribution in [3.05, 3.63) is 187 Å². The molecule has 244 valence electrons. The molecule has 1 aliphatic rings. The molecule has 0 amide bonds. The molecule has 0 aliphatic heterocycles. The van der Waals surface area contributed by atoms with Gasteiger partial charge in [-0.05, 0) is 103 Å². The number of nitrogens with zero attached hydrogens (tertiary/aromatic N) is 1. The molecule has 1 aliphatic carbocycles. The standard InChI is InChI=1S/C49H43N/c1-48(2,3)45-22-14-20-41(36-17-10-7-11-18-36)47(45)37-25-29-39(30-26-37)50(38-27-23-35(24-28-38)34-15-8-6-9-16-34)40-31-32-43-42-19-12-13-21-44(42)49(4,5)46(43)33-40/h6-33H,1-5H3. The SMILES string of the molecule is CC(C)(C)c1cccc(-c2ccccc2)c1-c1ccc(N(c2ccc(-c3ccccc3)cc2)c2ccc3c(c2)C(C)(C)c2ccccc2-3)cc1. The van der Waals surface area contributed by atoms with E-state index >= 15 is 0 Å². The Balaban J connectivity index is 1.26. The first-order chi connectivity index (χ1) is 24.2. The predicted molar refractivity (Wildman–Crippen MR) is 214 cm³/mol. The van der Waals surface area contributed by atoms with E-state index in [2.05, 4.69) is 209 Å². The van der Waals surface area contributed by atoms with Gasteiger partial charge in [-0.3, -0.25) is 0 Å². The van der Waals surface area contributed by atoms with Gasteiger partial charge in [-0.1, -0.05) is 168 Å². The molecule has 0 fully saturated rings. The van der Waals surface area contributed by atoms with Gasteiger partial charge in [0, 0.05) is 22.5 Å². The molecule has 0 N–H and O–H groups in total. The van der Waals surface area contributed by atoms with E-state index < -0.39 is 0 Å². The minimum absolute atomic E-state index is 0.0138. The summed E-state index contributed by atoms with van der Waals surface area (Å²) >= 11 is 0. The van der Waals surface area contributed by atoms with E-state index in [9.17, 15) is 0 Å². The van der Waals surface area contributed by atoms with Crippen LogP contribution in [-0.2, 0) is 10.8 Å². The summed E-state index contributed by atoms with van der Waals surface area (Å²) in [5.41, 5.74) is 17.5. The fourth-order valence-electron chi connectivity index (χ4n) is 7.84. The smallest absolute Gasteiger partial charge is 0.0465 e. The first-order valence-corrected chi connectivity index (χ1v) is 17.7. The maximum Gasteiger partial charge on any atom is 0.0465 e. The lowest BCUT2D eigenvalue weighted by atomic mass is 9.79. The molecule has 0 unspecified atom stereocenters. The Morgan fingerprint density at radius 2 is 0.900 bits per heavy atom. The second kappa shape index (κ2) is 12.3. The summed E-state index contributed by atoms with van der Waals surface area (Å²) in [7, 11) is 0. The quantitative estimate of drug-likeness (QED) is 0.174. The average Bonchev–Trinajstić information content (AvgIpc) is 3.38. The van der Waals surface area contributed by atoms with Gasteiger partial charge in [0.2, 0.25) is 0 Å². The normalized spacial score (nSPS) is 13.1. The van der Waals surface area contributed by atoms with Gasteiger partial charge < -0.3 is 4.90 Å². The first kappa shape index (κ1) is 31.6. The van der Waals surface area contributed by atoms with Gasteiger partial charge in [0.05, 0.1) is 0 Å². The first-order valence-electron chi connectivity index (χ1n) is 17.7. The van der Waals surface area contributed by atoms with E-state index in [1.165, 1.54) is 61.2 Å². The molecule has 0 bridgehead atoms. The Labute approximate surface area is 297 Å². The monoisotopic (exact) mass is 645 g/mol. The van der Waals surface area contributed by atoms with Crippen LogP contribution in [0.15, 0.2) is 170 Å². The van der Waals surface area contributed by atoms with Crippen molar-refractivity contribution in [3.63, 3.8) is 0 Å². The van der Waals surface area contributed by atoms with Gasteiger partial charge in [-0.25, -0.2) is 0 Å². The largest absolute Gasteiger partial charge is 0.310 e. The minimum Gasteiger partial charge on any atom is -0.310 e. The van der Waals surface area contributed by atoms with Gasteiger partial charge in [0.1, 0.15) is 0 Å². The zero-order chi connectivity index (χ0) is 34.5. The molecule has 0 radical (unpaired) electrons. The van der Waals surface area contributed by atoms with Gasteiger partial charge in [-0.15, -0.1) is 0 Å². The highest BCUT2D eigenvalue weighted by Gasteiger charge is 2.35. The molecule has 8 rings (SSSR count). The molecule has 1 nitrogen and oxygen atoms in total. The lowest BCUT2D eigenvalue weighted by molar-refractivity contribution is 0.592. The summed E-state index contributed by atoms with van der Waals surface area (Å²) in [6.45, 7) is 11.6. The van der Waals surface area contributed by atoms with Crippen molar-refractivity contribution in [2.45, 2.75) is 45.4 Å². The van der Waals surface area contributed by atoms with Gasteiger partial charge in [0.25, 0.3) is 0 Å². The summed E-state index contributed by atoms with van der Waals surface area (Å²) in [5.74, 6) is 0. The lowest BCUT2D eigenvalue weighted by Crippen LogP contribution is -2.16. The summed E-state index contributed by atoms with van der Waals surface area (Å²) in [5, 5.41) is 0. The zero-order valence-corrected chi connectivity index (χ0v) is 29.6. The lowest BCUT2D eigenvalue weighted by Gasteiger charge is -2.29. The van der Waals surface area contributed by atoms with Gasteiger partial charge in [-0.2, -0.15) is 0 Å². The topological polar surface area (TPSA) is 3.24 Å². The van der Waals surface area contributed by atoms with Crippen molar-refractivity contribution in [1.29, 1.82) is 0 Å². The van der Waals surface area contributed by atoms with E-state index in [-0.39, 0.29) is 10.8 Å². The molecule has 1 heteroatoms. The van der Waals surface area contributed by atoms with Crippen molar-refractivity contribution in [2.24, 2.45) is 0 Å². The van der Waals surface area contributed by atoms with Crippen LogP contribution in [0, 0.1) is 0 Å². The second-order valence-electron chi connectivity index (χ2n) is 15.0. The van der Waals surface area contributed by atoms with Crippen LogP contribution >= 0.6 is 0 Å². The molecular weight excluding hydrogens is 603 g/mol. The summed E-state index contributed by atoms with van der Waals surface area (Å²) in [6, 6.07) is 62.2. The Bertz CT molecular complexity index is 2290. The number of rotatable bonds is 6. The highest BCUT2D eigenvalue weighted by molar-refractivity contribution is 5.89. The Morgan fingerprint density at radius 3 is 1.54 bits per heavy atom. The third-order valence-electron chi connectivity index (χ3n) is 10.4. The van der Waals surface area contributed by atoms with Crippen molar-refractivity contribution in [1.82, 2.24) is 0 Å². The Hall–Kier alpha value is -5.66. The van der Waals surface area contributed by atoms with E-state index in [1.807, 2.05) is 0 Å². The number of fused-ring (bicyclic) bond motifs is 3. The summed E-state index contributed by atoms with van der Waals surface area (Å²) in [4.78, 5) is 2.41. The molecule has 0 heterocycles. The third kappa shape index (κ3) is 5.53. The van der Waals surface area contributed by atoms with Crippen LogP contribution < -0.4 is 4.90 Å². The predicted octanol–water partition coefficient (Wildman–Crippen LogP) is 13.8. The van der Waals surface area contributed by atoms with Crippen LogP contribution in [-0.4, -0.2) is 0 Å². The zero-order valence-electron chi connectivity index (χ0n) is 29.6. The molecule has 7 aromatic rings. The van der Waals surface area contributed by atoms with Crippen LogP contribution in [0.4, 0.5) is 17.1 Å². The van der Waals surface area contributed by atoms with Gasteiger partial charge in [0.15, 0.2) is 0 Å². The van der Waals surface area contributed by atoms with E-state index in [4.69, 9.17) is 0 Å². The number of hydrogen-bond donors (Lipinski definition) is 0. The number of anilines is 3. The minimum atomic E-state index is -0.0842. The van der Waals surface area contributed by atoms with Crippen LogP contribution in [0.25, 0.3) is 44.5 Å². The highest BCUT2D eigenvalue weighted by Crippen LogP contribution is 2.51. The summed E-state index contributed by atoms with van der Waals surface area (Å²) < 4.78 is 0. The molecule has 50 heavy (non-hydrogen) atoms. The second-order valence-corrected chi connectivity index (χ2v) is 15.0. The van der Waals surface area contributed by atoms with Crippen molar-refractivity contribution < 1.29 is 0 Å². The fraction of sp³-hybridized carbons (Fsp3) is 0.143. The van der Waals surface area contributed by atoms with Crippen LogP contribution in [0.1, 0.15) is 51.3 Å². The maximum absolute atomic E-state index is 2.41. The maximum atomic E-state index is 2.41. The van der Waals surface area contributed by atoms with Crippen LogP contribution in [0.5, 0.6) is 0 Å². The Kier molecular flexibility index (Phi) is 7.80. The van der Waals surface area contributed by atoms with Crippen molar-refractivity contribution >= 4 is 17.1 Å². The molecule has 0 spiro atoms. The molecule has 0 atom stereocenters. The van der Waals surface area contributed by atoms with Crippen LogP contribution in [0.2, 0.25) is 0 Å². The molecular formula is C49H43N. The molecule has 0 saturated heterocycles. The van der Waals surface area contributed by atoms with Gasteiger partial charge >= 0.3 is 0 Å². The number of hydrogen-bond acceptors (Lipinski definition) is 1. The third-order valence-corrected chi connectivity index (χ3v) is 10.4. The van der Waals surface area contributed by atoms with Crippen LogP contribution in [0.3, 0.4) is 0 Å². The number of benzene rings is 7.